The number of aromatic nitrogens is 2. The molecule has 5 nitrogen and oxygen atoms in total. The van der Waals surface area contributed by atoms with E-state index >= 15 is 0 Å². The van der Waals surface area contributed by atoms with Gasteiger partial charge in [0, 0.05) is 4.88 Å². The molecule has 1 atom stereocenters. The molecule has 4 aromatic rings. The van der Waals surface area contributed by atoms with Gasteiger partial charge in [-0.05, 0) is 42.8 Å². The number of nitrogens with zero attached hydrogens (tertiary/aromatic N) is 3. The van der Waals surface area contributed by atoms with Crippen molar-refractivity contribution in [3.8, 4) is 16.5 Å². The van der Waals surface area contributed by atoms with E-state index in [-0.39, 0.29) is 11.7 Å². The highest BCUT2D eigenvalue weighted by Crippen LogP contribution is 2.38. The normalized spacial score (nSPS) is 11.8. The van der Waals surface area contributed by atoms with Crippen LogP contribution >= 0.6 is 23.1 Å². The lowest BCUT2D eigenvalue weighted by atomic mass is 10.2. The lowest BCUT2D eigenvalue weighted by molar-refractivity contribution is -0.115. The Morgan fingerprint density at radius 3 is 2.73 bits per heavy atom. The number of carbonyl (C=O) groups excluding carboxylic acids is 1. The number of thiophene rings is 1. The third-order valence-electron chi connectivity index (χ3n) is 4.37. The number of fused-ring (bicyclic) bond motifs is 1. The Morgan fingerprint density at radius 1 is 1.20 bits per heavy atom. The minimum Gasteiger partial charge on any atom is -0.324 e. The Bertz CT molecular complexity index is 1260. The molecule has 2 aromatic heterocycles. The smallest absolute Gasteiger partial charge is 0.237 e. The van der Waals surface area contributed by atoms with Crippen molar-refractivity contribution in [2.45, 2.75) is 17.2 Å². The lowest BCUT2D eigenvalue weighted by Gasteiger charge is -2.12. The molecule has 0 bridgehead atoms. The average molecular weight is 435 g/mol. The molecule has 8 heteroatoms. The summed E-state index contributed by atoms with van der Waals surface area (Å²) in [7, 11) is 0. The van der Waals surface area contributed by atoms with Crippen LogP contribution < -0.4 is 5.32 Å². The summed E-state index contributed by atoms with van der Waals surface area (Å²) in [5.74, 6) is -0.501. The van der Waals surface area contributed by atoms with Crippen molar-refractivity contribution in [1.29, 1.82) is 5.26 Å². The largest absolute Gasteiger partial charge is 0.324 e. The van der Waals surface area contributed by atoms with Gasteiger partial charge < -0.3 is 5.32 Å². The molecular weight excluding hydrogens is 419 g/mol. The van der Waals surface area contributed by atoms with Gasteiger partial charge in [-0.2, -0.15) is 5.26 Å². The summed E-state index contributed by atoms with van der Waals surface area (Å²) in [6.07, 6.45) is 1.47. The number of thioether (sulfide) groups is 1. The van der Waals surface area contributed by atoms with Crippen molar-refractivity contribution in [3.63, 3.8) is 0 Å². The molecule has 2 heterocycles. The molecular formula is C22H15FN4OS2. The molecule has 0 spiro atoms. The number of nitriles is 1. The Balaban J connectivity index is 1.56. The number of hydrogen-bond acceptors (Lipinski definition) is 6. The first-order chi connectivity index (χ1) is 14.5. The van der Waals surface area contributed by atoms with Gasteiger partial charge in [0.25, 0.3) is 0 Å². The van der Waals surface area contributed by atoms with E-state index in [1.807, 2.05) is 6.07 Å². The van der Waals surface area contributed by atoms with Gasteiger partial charge in [0.15, 0.2) is 0 Å². The second kappa shape index (κ2) is 8.61. The van der Waals surface area contributed by atoms with Gasteiger partial charge in [-0.15, -0.1) is 11.3 Å². The number of hydrogen-bond donors (Lipinski definition) is 1. The van der Waals surface area contributed by atoms with Gasteiger partial charge in [0.1, 0.15) is 23.2 Å². The number of amides is 1. The summed E-state index contributed by atoms with van der Waals surface area (Å²) in [4.78, 5) is 22.3. The number of carbonyl (C=O) groups is 1. The standard InChI is InChI=1S/C22H15FN4OS2/c1-13(21(28)27-17-5-3-2-4-15(17)11-24)29-22-20-18(25-12-26-22)10-19(30-20)14-6-8-16(23)9-7-14/h2-10,12-13H,1H3,(H,27,28). The number of anilines is 1. The fourth-order valence-corrected chi connectivity index (χ4v) is 4.91. The number of rotatable bonds is 5. The first kappa shape index (κ1) is 20.0. The summed E-state index contributed by atoms with van der Waals surface area (Å²) in [5.41, 5.74) is 2.57. The number of benzene rings is 2. The first-order valence-electron chi connectivity index (χ1n) is 9.02. The SMILES string of the molecule is CC(Sc1ncnc2cc(-c3ccc(F)cc3)sc12)C(=O)Nc1ccccc1C#N. The van der Waals surface area contributed by atoms with Gasteiger partial charge in [-0.25, -0.2) is 14.4 Å². The molecule has 2 aromatic carbocycles. The van der Waals surface area contributed by atoms with Crippen molar-refractivity contribution in [1.82, 2.24) is 9.97 Å². The highest BCUT2D eigenvalue weighted by atomic mass is 32.2. The molecule has 1 unspecified atom stereocenters. The van der Waals surface area contributed by atoms with Crippen molar-refractivity contribution < 1.29 is 9.18 Å². The van der Waals surface area contributed by atoms with Crippen LogP contribution in [0.2, 0.25) is 0 Å². The van der Waals surface area contributed by atoms with Crippen LogP contribution in [0.3, 0.4) is 0 Å². The molecule has 148 valence electrons. The minimum atomic E-state index is -0.439. The predicted molar refractivity (Wildman–Crippen MR) is 118 cm³/mol. The van der Waals surface area contributed by atoms with Crippen LogP contribution in [0.5, 0.6) is 0 Å². The van der Waals surface area contributed by atoms with Crippen LogP contribution in [0.15, 0.2) is 66.0 Å². The van der Waals surface area contributed by atoms with Crippen molar-refractivity contribution in [2.75, 3.05) is 5.32 Å². The monoisotopic (exact) mass is 434 g/mol. The minimum absolute atomic E-state index is 0.218. The second-order valence-electron chi connectivity index (χ2n) is 6.42. The van der Waals surface area contributed by atoms with E-state index < -0.39 is 5.25 Å². The Hall–Kier alpha value is -3.28. The average Bonchev–Trinajstić information content (AvgIpc) is 3.20. The Kier molecular flexibility index (Phi) is 5.74. The molecule has 1 amide bonds. The third-order valence-corrected chi connectivity index (χ3v) is 6.78. The van der Waals surface area contributed by atoms with Gasteiger partial charge in [0.2, 0.25) is 5.91 Å². The van der Waals surface area contributed by atoms with E-state index in [1.165, 1.54) is 41.6 Å². The molecule has 1 N–H and O–H groups in total. The zero-order valence-corrected chi connectivity index (χ0v) is 17.4. The van der Waals surface area contributed by atoms with E-state index in [1.54, 1.807) is 43.3 Å². The summed E-state index contributed by atoms with van der Waals surface area (Å²) in [6.45, 7) is 1.79. The fraction of sp³-hybridized carbons (Fsp3) is 0.0909. The fourth-order valence-electron chi connectivity index (χ4n) is 2.82. The van der Waals surface area contributed by atoms with E-state index in [4.69, 9.17) is 0 Å². The molecule has 0 saturated heterocycles. The Morgan fingerprint density at radius 2 is 1.97 bits per heavy atom. The van der Waals surface area contributed by atoms with E-state index in [0.717, 1.165) is 20.7 Å². The number of nitrogens with one attached hydrogen (secondary N) is 1. The molecule has 0 aliphatic carbocycles. The Labute approximate surface area is 180 Å². The van der Waals surface area contributed by atoms with Crippen LogP contribution in [0.4, 0.5) is 10.1 Å². The molecule has 0 fully saturated rings. The number of para-hydroxylation sites is 1. The van der Waals surface area contributed by atoms with Crippen molar-refractivity contribution in [3.05, 3.63) is 72.3 Å². The maximum Gasteiger partial charge on any atom is 0.237 e. The summed E-state index contributed by atoms with van der Waals surface area (Å²) in [6, 6.07) is 17.2. The van der Waals surface area contributed by atoms with Gasteiger partial charge in [-0.3, -0.25) is 4.79 Å². The third kappa shape index (κ3) is 4.17. The molecule has 0 saturated carbocycles. The summed E-state index contributed by atoms with van der Waals surface area (Å²) in [5, 5.41) is 12.3. The van der Waals surface area contributed by atoms with Crippen LogP contribution in [0, 0.1) is 17.1 Å². The first-order valence-corrected chi connectivity index (χ1v) is 10.7. The van der Waals surface area contributed by atoms with Crippen LogP contribution in [0.25, 0.3) is 20.7 Å². The number of halogens is 1. The maximum absolute atomic E-state index is 13.2. The van der Waals surface area contributed by atoms with Crippen LogP contribution in [-0.2, 0) is 4.79 Å². The zero-order chi connectivity index (χ0) is 21.1. The lowest BCUT2D eigenvalue weighted by Crippen LogP contribution is -2.23. The maximum atomic E-state index is 13.2. The summed E-state index contributed by atoms with van der Waals surface area (Å²) < 4.78 is 14.1. The van der Waals surface area contributed by atoms with E-state index in [0.29, 0.717) is 16.3 Å². The topological polar surface area (TPSA) is 78.7 Å². The van der Waals surface area contributed by atoms with Crippen LogP contribution in [-0.4, -0.2) is 21.1 Å². The summed E-state index contributed by atoms with van der Waals surface area (Å²) >= 11 is 2.83. The van der Waals surface area contributed by atoms with Crippen molar-refractivity contribution in [2.24, 2.45) is 0 Å². The molecule has 0 aliphatic heterocycles. The predicted octanol–water partition coefficient (Wildman–Crippen LogP) is 5.49. The second-order valence-corrected chi connectivity index (χ2v) is 8.80. The molecule has 0 radical (unpaired) electrons. The quantitative estimate of drug-likeness (QED) is 0.332. The molecule has 0 aliphatic rings. The van der Waals surface area contributed by atoms with Gasteiger partial charge in [0.05, 0.1) is 26.7 Å². The molecule has 4 rings (SSSR count). The zero-order valence-electron chi connectivity index (χ0n) is 15.8. The highest BCUT2D eigenvalue weighted by Gasteiger charge is 2.19. The highest BCUT2D eigenvalue weighted by molar-refractivity contribution is 8.00. The molecule has 30 heavy (non-hydrogen) atoms. The van der Waals surface area contributed by atoms with Gasteiger partial charge >= 0.3 is 0 Å². The van der Waals surface area contributed by atoms with Crippen LogP contribution in [0.1, 0.15) is 12.5 Å². The van der Waals surface area contributed by atoms with Crippen molar-refractivity contribution >= 4 is 44.9 Å². The van der Waals surface area contributed by atoms with Gasteiger partial charge in [-0.1, -0.05) is 36.0 Å². The van der Waals surface area contributed by atoms with E-state index in [9.17, 15) is 14.4 Å². The van der Waals surface area contributed by atoms with E-state index in [2.05, 4.69) is 21.4 Å².